The van der Waals surface area contributed by atoms with Gasteiger partial charge in [0, 0.05) is 12.1 Å². The summed E-state index contributed by atoms with van der Waals surface area (Å²) in [5, 5.41) is 28.3. The van der Waals surface area contributed by atoms with Gasteiger partial charge in [0.2, 0.25) is 0 Å². The average molecular weight is 274 g/mol. The highest BCUT2D eigenvalue weighted by atomic mass is 32.1. The summed E-state index contributed by atoms with van der Waals surface area (Å²) in [7, 11) is 0. The molecule has 4 N–H and O–H groups in total. The lowest BCUT2D eigenvalue weighted by Gasteiger charge is -2.17. The zero-order valence-electron chi connectivity index (χ0n) is 9.39. The lowest BCUT2D eigenvalue weighted by Crippen LogP contribution is -2.34. The number of aromatic amines is 1. The summed E-state index contributed by atoms with van der Waals surface area (Å²) in [5.74, 6) is -0.630. The van der Waals surface area contributed by atoms with Gasteiger partial charge >= 0.3 is 5.69 Å². The maximum atomic E-state index is 11.7. The number of hydrogen-bond acceptors (Lipinski definition) is 6. The largest absolute Gasteiger partial charge is 0.396 e. The predicted octanol–water partition coefficient (Wildman–Crippen LogP) is -1.24. The van der Waals surface area contributed by atoms with Crippen LogP contribution >= 0.6 is 12.2 Å². The van der Waals surface area contributed by atoms with Crippen LogP contribution in [0.5, 0.6) is 0 Å². The minimum absolute atomic E-state index is 0.279. The van der Waals surface area contributed by atoms with Crippen molar-refractivity contribution in [1.82, 2.24) is 9.55 Å². The van der Waals surface area contributed by atoms with Crippen molar-refractivity contribution in [2.75, 3.05) is 13.2 Å². The molecule has 2 rings (SSSR count). The van der Waals surface area contributed by atoms with Crippen LogP contribution < -0.4 is 5.69 Å². The Morgan fingerprint density at radius 2 is 2.17 bits per heavy atom. The van der Waals surface area contributed by atoms with Gasteiger partial charge < -0.3 is 20.1 Å². The molecule has 0 aliphatic carbocycles. The van der Waals surface area contributed by atoms with E-state index in [1.807, 2.05) is 0 Å². The summed E-state index contributed by atoms with van der Waals surface area (Å²) in [6, 6.07) is 1.49. The SMILES string of the molecule is O=c1[nH]c(=S)ccn1[C@@H]1O[C@H](CO)C(CO)[C@@H]1O. The van der Waals surface area contributed by atoms with E-state index in [-0.39, 0.29) is 17.9 Å². The third kappa shape index (κ3) is 2.25. The molecule has 1 unspecified atom stereocenters. The Bertz CT molecular complexity index is 527. The van der Waals surface area contributed by atoms with Crippen LogP contribution in [0.1, 0.15) is 6.23 Å². The molecular weight excluding hydrogens is 260 g/mol. The molecule has 0 bridgehead atoms. The van der Waals surface area contributed by atoms with Crippen molar-refractivity contribution in [2.45, 2.75) is 18.4 Å². The van der Waals surface area contributed by atoms with Gasteiger partial charge in [0.25, 0.3) is 0 Å². The first-order valence-corrected chi connectivity index (χ1v) is 5.86. The topological polar surface area (TPSA) is 108 Å². The van der Waals surface area contributed by atoms with Crippen molar-refractivity contribution < 1.29 is 20.1 Å². The molecular formula is C10H14N2O5S. The van der Waals surface area contributed by atoms with E-state index in [4.69, 9.17) is 27.2 Å². The number of ether oxygens (including phenoxy) is 1. The van der Waals surface area contributed by atoms with Crippen molar-refractivity contribution in [3.05, 3.63) is 27.4 Å². The van der Waals surface area contributed by atoms with Crippen molar-refractivity contribution in [2.24, 2.45) is 5.92 Å². The lowest BCUT2D eigenvalue weighted by molar-refractivity contribution is -0.0538. The maximum absolute atomic E-state index is 11.7. The van der Waals surface area contributed by atoms with Crippen LogP contribution in [-0.2, 0) is 4.74 Å². The predicted molar refractivity (Wildman–Crippen MR) is 63.5 cm³/mol. The Morgan fingerprint density at radius 1 is 1.44 bits per heavy atom. The molecule has 0 amide bonds. The van der Waals surface area contributed by atoms with Gasteiger partial charge in [-0.15, -0.1) is 0 Å². The molecule has 1 aromatic heterocycles. The number of nitrogens with zero attached hydrogens (tertiary/aromatic N) is 1. The van der Waals surface area contributed by atoms with Crippen LogP contribution in [0.15, 0.2) is 17.1 Å². The summed E-state index contributed by atoms with van der Waals surface area (Å²) in [6.07, 6.45) is -1.32. The van der Waals surface area contributed by atoms with Crippen LogP contribution in [0.4, 0.5) is 0 Å². The fourth-order valence-electron chi connectivity index (χ4n) is 2.05. The normalized spacial score (nSPS) is 31.7. The Morgan fingerprint density at radius 3 is 2.67 bits per heavy atom. The molecule has 18 heavy (non-hydrogen) atoms. The zero-order chi connectivity index (χ0) is 13.3. The van der Waals surface area contributed by atoms with E-state index < -0.39 is 30.0 Å². The second-order valence-corrected chi connectivity index (χ2v) is 4.54. The Labute approximate surface area is 107 Å². The zero-order valence-corrected chi connectivity index (χ0v) is 10.2. The Kier molecular flexibility index (Phi) is 3.93. The van der Waals surface area contributed by atoms with Crippen molar-refractivity contribution in [1.29, 1.82) is 0 Å². The molecule has 1 aromatic rings. The van der Waals surface area contributed by atoms with Crippen LogP contribution in [0, 0.1) is 10.6 Å². The summed E-state index contributed by atoms with van der Waals surface area (Å²) in [6.45, 7) is -0.670. The van der Waals surface area contributed by atoms with Gasteiger partial charge in [-0.2, -0.15) is 0 Å². The third-order valence-corrected chi connectivity index (χ3v) is 3.28. The Hall–Kier alpha value is -1.06. The van der Waals surface area contributed by atoms with E-state index in [1.165, 1.54) is 12.3 Å². The fourth-order valence-corrected chi connectivity index (χ4v) is 2.20. The van der Waals surface area contributed by atoms with Gasteiger partial charge in [-0.1, -0.05) is 12.2 Å². The monoisotopic (exact) mass is 274 g/mol. The molecule has 2 heterocycles. The summed E-state index contributed by atoms with van der Waals surface area (Å²) in [4.78, 5) is 14.1. The number of aromatic nitrogens is 2. The number of aliphatic hydroxyl groups is 3. The molecule has 1 aliphatic rings. The standard InChI is InChI=1S/C10H14N2O5S/c13-3-5-6(4-14)17-9(8(5)15)12-2-1-7(18)11-10(12)16/h1-2,5-6,8-9,13-15H,3-4H2,(H,11,16,18)/t5?,6-,8+,9-/m1/s1. The van der Waals surface area contributed by atoms with Crippen LogP contribution in [0.2, 0.25) is 0 Å². The molecule has 1 saturated heterocycles. The minimum atomic E-state index is -1.07. The molecule has 100 valence electrons. The lowest BCUT2D eigenvalue weighted by atomic mass is 9.99. The number of hydrogen-bond donors (Lipinski definition) is 4. The third-order valence-electron chi connectivity index (χ3n) is 3.04. The van der Waals surface area contributed by atoms with Crippen LogP contribution in [0.3, 0.4) is 0 Å². The number of rotatable bonds is 3. The Balaban J connectivity index is 2.34. The van der Waals surface area contributed by atoms with Gasteiger partial charge in [-0.05, 0) is 6.07 Å². The first kappa shape index (κ1) is 13.4. The molecule has 0 saturated carbocycles. The van der Waals surface area contributed by atoms with E-state index in [9.17, 15) is 9.90 Å². The first-order valence-electron chi connectivity index (χ1n) is 5.45. The van der Waals surface area contributed by atoms with E-state index in [2.05, 4.69) is 4.98 Å². The molecule has 4 atom stereocenters. The van der Waals surface area contributed by atoms with Crippen molar-refractivity contribution >= 4 is 12.2 Å². The maximum Gasteiger partial charge on any atom is 0.328 e. The van der Waals surface area contributed by atoms with Gasteiger partial charge in [-0.25, -0.2) is 4.79 Å². The van der Waals surface area contributed by atoms with Crippen molar-refractivity contribution in [3.8, 4) is 0 Å². The molecule has 8 heteroatoms. The van der Waals surface area contributed by atoms with Gasteiger partial charge in [0.15, 0.2) is 6.23 Å². The van der Waals surface area contributed by atoms with Crippen LogP contribution in [0.25, 0.3) is 0 Å². The first-order chi connectivity index (χ1) is 8.58. The quantitative estimate of drug-likeness (QED) is 0.514. The highest BCUT2D eigenvalue weighted by molar-refractivity contribution is 7.71. The summed E-state index contributed by atoms with van der Waals surface area (Å²) in [5.41, 5.74) is -0.512. The van der Waals surface area contributed by atoms with Gasteiger partial charge in [-0.3, -0.25) is 9.55 Å². The molecule has 1 aliphatic heterocycles. The highest BCUT2D eigenvalue weighted by Crippen LogP contribution is 2.32. The van der Waals surface area contributed by atoms with Gasteiger partial charge in [0.1, 0.15) is 10.7 Å². The molecule has 7 nitrogen and oxygen atoms in total. The number of aliphatic hydroxyl groups excluding tert-OH is 3. The van der Waals surface area contributed by atoms with Crippen molar-refractivity contribution in [3.63, 3.8) is 0 Å². The number of H-pyrrole nitrogens is 1. The second-order valence-electron chi connectivity index (χ2n) is 4.10. The van der Waals surface area contributed by atoms with E-state index in [1.54, 1.807) is 0 Å². The fraction of sp³-hybridized carbons (Fsp3) is 0.600. The average Bonchev–Trinajstić information content (AvgIpc) is 2.66. The molecule has 0 radical (unpaired) electrons. The summed E-state index contributed by atoms with van der Waals surface area (Å²) < 4.78 is 6.81. The second kappa shape index (κ2) is 5.29. The van der Waals surface area contributed by atoms with E-state index >= 15 is 0 Å². The smallest absolute Gasteiger partial charge is 0.328 e. The molecule has 0 spiro atoms. The van der Waals surface area contributed by atoms with E-state index in [0.29, 0.717) is 0 Å². The van der Waals surface area contributed by atoms with Crippen LogP contribution in [-0.4, -0.2) is 50.3 Å². The highest BCUT2D eigenvalue weighted by Gasteiger charge is 2.44. The summed E-state index contributed by atoms with van der Waals surface area (Å²) >= 11 is 4.80. The van der Waals surface area contributed by atoms with E-state index in [0.717, 1.165) is 4.57 Å². The number of nitrogens with one attached hydrogen (secondary N) is 1. The minimum Gasteiger partial charge on any atom is -0.396 e. The van der Waals surface area contributed by atoms with Gasteiger partial charge in [0.05, 0.1) is 19.3 Å². The molecule has 1 fully saturated rings. The molecule has 0 aromatic carbocycles.